The summed E-state index contributed by atoms with van der Waals surface area (Å²) in [7, 11) is 0. The summed E-state index contributed by atoms with van der Waals surface area (Å²) in [6.07, 6.45) is 3.71. The molecule has 0 saturated heterocycles. The Bertz CT molecular complexity index is 434. The van der Waals surface area contributed by atoms with Crippen LogP contribution in [0.15, 0.2) is 0 Å². The minimum absolute atomic E-state index is 0.365. The molecule has 2 saturated carbocycles. The molecule has 92 valence electrons. The topological polar surface area (TPSA) is 80.9 Å². The van der Waals surface area contributed by atoms with Crippen LogP contribution in [0.2, 0.25) is 0 Å². The van der Waals surface area contributed by atoms with Gasteiger partial charge in [-0.2, -0.15) is 0 Å². The summed E-state index contributed by atoms with van der Waals surface area (Å²) in [4.78, 5) is 10.8. The zero-order chi connectivity index (χ0) is 12.0. The van der Waals surface area contributed by atoms with E-state index in [1.165, 1.54) is 19.3 Å². The average molecular weight is 236 g/mol. The lowest BCUT2D eigenvalue weighted by Crippen LogP contribution is -2.20. The fraction of sp³-hybridized carbons (Fsp3) is 0.818. The molecule has 2 aliphatic carbocycles. The monoisotopic (exact) mass is 236 g/mol. The van der Waals surface area contributed by atoms with E-state index in [0.29, 0.717) is 12.5 Å². The smallest absolute Gasteiger partial charge is 0.308 e. The number of tetrazole rings is 1. The second-order valence-electron chi connectivity index (χ2n) is 5.38. The van der Waals surface area contributed by atoms with E-state index in [1.807, 2.05) is 0 Å². The largest absolute Gasteiger partial charge is 0.481 e. The number of rotatable bonds is 4. The fourth-order valence-electron chi connectivity index (χ4n) is 2.90. The van der Waals surface area contributed by atoms with Gasteiger partial charge < -0.3 is 5.11 Å². The van der Waals surface area contributed by atoms with Gasteiger partial charge in [0.05, 0.1) is 12.5 Å². The Balaban J connectivity index is 1.72. The number of fused-ring (bicyclic) bond motifs is 1. The lowest BCUT2D eigenvalue weighted by Gasteiger charge is -2.13. The van der Waals surface area contributed by atoms with Gasteiger partial charge in [-0.15, -0.1) is 5.10 Å². The summed E-state index contributed by atoms with van der Waals surface area (Å²) in [6.45, 7) is 2.05. The molecule has 2 fully saturated rings. The SMILES string of the molecule is CC(Cn1nnnc1C1CC2CC2C1)C(=O)O. The molecule has 6 nitrogen and oxygen atoms in total. The number of carbonyl (C=O) groups is 1. The van der Waals surface area contributed by atoms with Crippen LogP contribution >= 0.6 is 0 Å². The quantitative estimate of drug-likeness (QED) is 0.840. The van der Waals surface area contributed by atoms with E-state index < -0.39 is 11.9 Å². The van der Waals surface area contributed by atoms with Crippen molar-refractivity contribution in [3.8, 4) is 0 Å². The molecule has 3 unspecified atom stereocenters. The van der Waals surface area contributed by atoms with Crippen molar-refractivity contribution in [2.45, 2.75) is 38.6 Å². The molecule has 0 bridgehead atoms. The summed E-state index contributed by atoms with van der Waals surface area (Å²) >= 11 is 0. The van der Waals surface area contributed by atoms with Gasteiger partial charge in [0.25, 0.3) is 0 Å². The van der Waals surface area contributed by atoms with Crippen molar-refractivity contribution in [2.75, 3.05) is 0 Å². The molecule has 1 N–H and O–H groups in total. The molecule has 0 amide bonds. The number of hydrogen-bond acceptors (Lipinski definition) is 4. The number of carboxylic acid groups (broad SMARTS) is 1. The predicted octanol–water partition coefficient (Wildman–Crippen LogP) is 0.907. The van der Waals surface area contributed by atoms with Crippen LogP contribution < -0.4 is 0 Å². The summed E-state index contributed by atoms with van der Waals surface area (Å²) in [5, 5.41) is 20.6. The molecule has 0 spiro atoms. The number of aromatic nitrogens is 4. The number of nitrogens with zero attached hydrogens (tertiary/aromatic N) is 4. The molecule has 6 heteroatoms. The first-order valence-electron chi connectivity index (χ1n) is 6.14. The molecule has 0 aromatic carbocycles. The summed E-state index contributed by atoms with van der Waals surface area (Å²) in [6, 6.07) is 0. The number of aliphatic carboxylic acids is 1. The van der Waals surface area contributed by atoms with E-state index in [2.05, 4.69) is 15.5 Å². The second kappa shape index (κ2) is 3.78. The molecule has 3 atom stereocenters. The van der Waals surface area contributed by atoms with Gasteiger partial charge in [-0.25, -0.2) is 4.68 Å². The highest BCUT2D eigenvalue weighted by molar-refractivity contribution is 5.69. The molecule has 17 heavy (non-hydrogen) atoms. The van der Waals surface area contributed by atoms with E-state index in [9.17, 15) is 4.79 Å². The molecular formula is C11H16N4O2. The predicted molar refractivity (Wildman–Crippen MR) is 58.2 cm³/mol. The first-order chi connectivity index (χ1) is 8.15. The Kier molecular flexibility index (Phi) is 2.38. The minimum atomic E-state index is -0.805. The minimum Gasteiger partial charge on any atom is -0.481 e. The number of hydrogen-bond donors (Lipinski definition) is 1. The molecule has 2 aliphatic rings. The van der Waals surface area contributed by atoms with Gasteiger partial charge in [-0.1, -0.05) is 6.92 Å². The van der Waals surface area contributed by atoms with Gasteiger partial charge >= 0.3 is 5.97 Å². The third-order valence-corrected chi connectivity index (χ3v) is 4.04. The maximum absolute atomic E-state index is 10.8. The zero-order valence-corrected chi connectivity index (χ0v) is 9.78. The Labute approximate surface area is 99.0 Å². The maximum atomic E-state index is 10.8. The average Bonchev–Trinajstić information content (AvgIpc) is 2.75. The Morgan fingerprint density at radius 1 is 1.47 bits per heavy atom. The Morgan fingerprint density at radius 3 is 2.82 bits per heavy atom. The van der Waals surface area contributed by atoms with Crippen LogP contribution in [0.5, 0.6) is 0 Å². The van der Waals surface area contributed by atoms with E-state index in [1.54, 1.807) is 11.6 Å². The number of carboxylic acids is 1. The van der Waals surface area contributed by atoms with Crippen LogP contribution in [0.4, 0.5) is 0 Å². The van der Waals surface area contributed by atoms with Gasteiger partial charge in [-0.05, 0) is 41.5 Å². The normalized spacial score (nSPS) is 32.2. The van der Waals surface area contributed by atoms with Crippen molar-refractivity contribution in [3.05, 3.63) is 5.82 Å². The summed E-state index contributed by atoms with van der Waals surface area (Å²) in [5.74, 6) is 1.82. The van der Waals surface area contributed by atoms with Crippen LogP contribution in [-0.4, -0.2) is 31.3 Å². The highest BCUT2D eigenvalue weighted by atomic mass is 16.4. The van der Waals surface area contributed by atoms with Gasteiger partial charge in [0.2, 0.25) is 0 Å². The van der Waals surface area contributed by atoms with E-state index in [0.717, 1.165) is 17.7 Å². The van der Waals surface area contributed by atoms with Crippen LogP contribution in [0, 0.1) is 17.8 Å². The summed E-state index contributed by atoms with van der Waals surface area (Å²) < 4.78 is 1.67. The first kappa shape index (κ1) is 10.7. The van der Waals surface area contributed by atoms with Crippen molar-refractivity contribution in [1.29, 1.82) is 0 Å². The first-order valence-corrected chi connectivity index (χ1v) is 6.14. The third kappa shape index (κ3) is 1.92. The van der Waals surface area contributed by atoms with E-state index in [4.69, 9.17) is 5.11 Å². The molecule has 1 heterocycles. The van der Waals surface area contributed by atoms with E-state index in [-0.39, 0.29) is 0 Å². The van der Waals surface area contributed by atoms with Gasteiger partial charge in [-0.3, -0.25) is 4.79 Å². The zero-order valence-electron chi connectivity index (χ0n) is 9.78. The van der Waals surface area contributed by atoms with Crippen LogP contribution in [0.3, 0.4) is 0 Å². The van der Waals surface area contributed by atoms with Crippen molar-refractivity contribution in [2.24, 2.45) is 17.8 Å². The Morgan fingerprint density at radius 2 is 2.18 bits per heavy atom. The van der Waals surface area contributed by atoms with Crippen LogP contribution in [-0.2, 0) is 11.3 Å². The van der Waals surface area contributed by atoms with Crippen molar-refractivity contribution >= 4 is 5.97 Å². The molecule has 1 aromatic rings. The molecule has 0 aliphatic heterocycles. The van der Waals surface area contributed by atoms with Gasteiger partial charge in [0, 0.05) is 5.92 Å². The molecule has 0 radical (unpaired) electrons. The van der Waals surface area contributed by atoms with Crippen molar-refractivity contribution < 1.29 is 9.90 Å². The van der Waals surface area contributed by atoms with Crippen LogP contribution in [0.25, 0.3) is 0 Å². The molecular weight excluding hydrogens is 220 g/mol. The lowest BCUT2D eigenvalue weighted by molar-refractivity contribution is -0.141. The standard InChI is InChI=1S/C11H16N4O2/c1-6(11(16)17)5-15-10(12-13-14-15)9-3-7-2-8(7)4-9/h6-9H,2-5H2,1H3,(H,16,17). The summed E-state index contributed by atoms with van der Waals surface area (Å²) in [5.41, 5.74) is 0. The second-order valence-corrected chi connectivity index (χ2v) is 5.38. The molecule has 3 rings (SSSR count). The fourth-order valence-corrected chi connectivity index (χ4v) is 2.90. The lowest BCUT2D eigenvalue weighted by atomic mass is 10.0. The van der Waals surface area contributed by atoms with E-state index >= 15 is 0 Å². The van der Waals surface area contributed by atoms with Crippen LogP contribution in [0.1, 0.15) is 37.9 Å². The van der Waals surface area contributed by atoms with Crippen molar-refractivity contribution in [3.63, 3.8) is 0 Å². The maximum Gasteiger partial charge on any atom is 0.308 e. The third-order valence-electron chi connectivity index (χ3n) is 4.04. The van der Waals surface area contributed by atoms with Gasteiger partial charge in [0.1, 0.15) is 0 Å². The Hall–Kier alpha value is -1.46. The molecule has 1 aromatic heterocycles. The highest BCUT2D eigenvalue weighted by Gasteiger charge is 2.47. The van der Waals surface area contributed by atoms with Crippen molar-refractivity contribution in [1.82, 2.24) is 20.2 Å². The highest BCUT2D eigenvalue weighted by Crippen LogP contribution is 2.57. The van der Waals surface area contributed by atoms with Gasteiger partial charge in [0.15, 0.2) is 5.82 Å².